The lowest BCUT2D eigenvalue weighted by Crippen LogP contribution is -2.26. The molecule has 22 heavy (non-hydrogen) atoms. The van der Waals surface area contributed by atoms with Gasteiger partial charge in [0.15, 0.2) is 0 Å². The number of nitrogen functional groups attached to an aromatic ring is 1. The van der Waals surface area contributed by atoms with E-state index >= 15 is 0 Å². The van der Waals surface area contributed by atoms with Gasteiger partial charge in [-0.1, -0.05) is 18.2 Å². The van der Waals surface area contributed by atoms with E-state index in [0.29, 0.717) is 24.3 Å². The van der Waals surface area contributed by atoms with Crippen molar-refractivity contribution in [3.05, 3.63) is 54.4 Å². The summed E-state index contributed by atoms with van der Waals surface area (Å²) >= 11 is 0. The van der Waals surface area contributed by atoms with Crippen molar-refractivity contribution in [1.82, 2.24) is 9.88 Å². The van der Waals surface area contributed by atoms with Crippen molar-refractivity contribution < 1.29 is 4.79 Å². The van der Waals surface area contributed by atoms with E-state index in [4.69, 9.17) is 5.73 Å². The van der Waals surface area contributed by atoms with Gasteiger partial charge in [-0.3, -0.25) is 9.78 Å². The lowest BCUT2D eigenvalue weighted by atomic mass is 10.2. The van der Waals surface area contributed by atoms with Crippen LogP contribution in [0.25, 0.3) is 0 Å². The first kappa shape index (κ1) is 16.0. The first-order valence-electron chi connectivity index (χ1n) is 7.38. The largest absolute Gasteiger partial charge is 0.397 e. The number of nitrogens with two attached hydrogens (primary N) is 1. The van der Waals surface area contributed by atoms with Gasteiger partial charge in [-0.05, 0) is 31.3 Å². The molecular weight excluding hydrogens is 276 g/mol. The van der Waals surface area contributed by atoms with Crippen LogP contribution in [0.4, 0.5) is 11.4 Å². The minimum absolute atomic E-state index is 0.0254. The van der Waals surface area contributed by atoms with E-state index in [1.54, 1.807) is 18.3 Å². The van der Waals surface area contributed by atoms with Crippen molar-refractivity contribution in [1.29, 1.82) is 0 Å². The van der Waals surface area contributed by atoms with E-state index < -0.39 is 0 Å². The highest BCUT2D eigenvalue weighted by Crippen LogP contribution is 2.16. The molecule has 0 fully saturated rings. The van der Waals surface area contributed by atoms with Gasteiger partial charge >= 0.3 is 0 Å². The van der Waals surface area contributed by atoms with E-state index in [1.165, 1.54) is 0 Å². The Labute approximate surface area is 131 Å². The Bertz CT molecular complexity index is 601. The van der Waals surface area contributed by atoms with Gasteiger partial charge < -0.3 is 16.0 Å². The zero-order valence-electron chi connectivity index (χ0n) is 12.8. The average molecular weight is 298 g/mol. The SMILES string of the molecule is CN(CCC(=O)Nc1ccccc1N)CCc1ccccn1. The van der Waals surface area contributed by atoms with Gasteiger partial charge in [0, 0.05) is 37.8 Å². The molecule has 0 radical (unpaired) electrons. The molecule has 1 aromatic carbocycles. The maximum atomic E-state index is 11.9. The molecule has 0 saturated carbocycles. The fraction of sp³-hybridized carbons (Fsp3) is 0.294. The van der Waals surface area contributed by atoms with E-state index in [9.17, 15) is 4.79 Å². The number of likely N-dealkylation sites (N-methyl/N-ethyl adjacent to an activating group) is 1. The molecule has 2 rings (SSSR count). The fourth-order valence-corrected chi connectivity index (χ4v) is 2.08. The van der Waals surface area contributed by atoms with E-state index in [0.717, 1.165) is 18.7 Å². The molecule has 5 heteroatoms. The molecule has 0 atom stereocenters. The number of benzene rings is 1. The predicted molar refractivity (Wildman–Crippen MR) is 89.5 cm³/mol. The summed E-state index contributed by atoms with van der Waals surface area (Å²) in [6.07, 6.45) is 3.12. The van der Waals surface area contributed by atoms with Gasteiger partial charge in [0.2, 0.25) is 5.91 Å². The number of carbonyl (C=O) groups excluding carboxylic acids is 1. The van der Waals surface area contributed by atoms with E-state index in [-0.39, 0.29) is 5.91 Å². The molecular formula is C17H22N4O. The van der Waals surface area contributed by atoms with Crippen LogP contribution in [0.5, 0.6) is 0 Å². The topological polar surface area (TPSA) is 71.2 Å². The highest BCUT2D eigenvalue weighted by atomic mass is 16.1. The van der Waals surface area contributed by atoms with Crippen LogP contribution >= 0.6 is 0 Å². The summed E-state index contributed by atoms with van der Waals surface area (Å²) < 4.78 is 0. The summed E-state index contributed by atoms with van der Waals surface area (Å²) in [5, 5.41) is 2.84. The molecule has 0 aliphatic rings. The highest BCUT2D eigenvalue weighted by molar-refractivity contribution is 5.93. The Morgan fingerprint density at radius 3 is 2.68 bits per heavy atom. The fourth-order valence-electron chi connectivity index (χ4n) is 2.08. The average Bonchev–Trinajstić information content (AvgIpc) is 2.54. The van der Waals surface area contributed by atoms with Crippen LogP contribution in [-0.2, 0) is 11.2 Å². The molecule has 1 heterocycles. The van der Waals surface area contributed by atoms with Crippen LogP contribution in [0, 0.1) is 0 Å². The zero-order valence-corrected chi connectivity index (χ0v) is 12.8. The third-order valence-corrected chi connectivity index (χ3v) is 3.43. The molecule has 116 valence electrons. The monoisotopic (exact) mass is 298 g/mol. The predicted octanol–water partition coefficient (Wildman–Crippen LogP) is 2.17. The molecule has 1 amide bonds. The molecule has 5 nitrogen and oxygen atoms in total. The van der Waals surface area contributed by atoms with Crippen LogP contribution in [0.3, 0.4) is 0 Å². The standard InChI is InChI=1S/C17H22N4O/c1-21(12-9-14-6-4-5-11-19-14)13-10-17(22)20-16-8-3-2-7-15(16)18/h2-8,11H,9-10,12-13,18H2,1H3,(H,20,22). The van der Waals surface area contributed by atoms with Gasteiger partial charge in [0.05, 0.1) is 11.4 Å². The van der Waals surface area contributed by atoms with Crippen LogP contribution in [0.2, 0.25) is 0 Å². The lowest BCUT2D eigenvalue weighted by molar-refractivity contribution is -0.116. The third-order valence-electron chi connectivity index (χ3n) is 3.43. The Kier molecular flexibility index (Phi) is 5.91. The maximum Gasteiger partial charge on any atom is 0.225 e. The van der Waals surface area contributed by atoms with Crippen molar-refractivity contribution in [2.24, 2.45) is 0 Å². The lowest BCUT2D eigenvalue weighted by Gasteiger charge is -2.16. The van der Waals surface area contributed by atoms with Gasteiger partial charge in [0.1, 0.15) is 0 Å². The van der Waals surface area contributed by atoms with Gasteiger partial charge in [-0.15, -0.1) is 0 Å². The molecule has 0 bridgehead atoms. The summed E-state index contributed by atoms with van der Waals surface area (Å²) in [5.41, 5.74) is 8.12. The summed E-state index contributed by atoms with van der Waals surface area (Å²) in [6, 6.07) is 13.2. The van der Waals surface area contributed by atoms with Gasteiger partial charge in [0.25, 0.3) is 0 Å². The first-order valence-corrected chi connectivity index (χ1v) is 7.38. The smallest absolute Gasteiger partial charge is 0.225 e. The van der Waals surface area contributed by atoms with Crippen LogP contribution < -0.4 is 11.1 Å². The third kappa shape index (κ3) is 5.18. The molecule has 0 aliphatic heterocycles. The Hall–Kier alpha value is -2.40. The van der Waals surface area contributed by atoms with Gasteiger partial charge in [-0.2, -0.15) is 0 Å². The Balaban J connectivity index is 1.71. The minimum atomic E-state index is -0.0254. The van der Waals surface area contributed by atoms with Crippen molar-refractivity contribution in [3.8, 4) is 0 Å². The number of nitrogens with zero attached hydrogens (tertiary/aromatic N) is 2. The number of anilines is 2. The molecule has 3 N–H and O–H groups in total. The minimum Gasteiger partial charge on any atom is -0.397 e. The number of para-hydroxylation sites is 2. The Morgan fingerprint density at radius 1 is 1.18 bits per heavy atom. The van der Waals surface area contributed by atoms with Crippen molar-refractivity contribution in [2.45, 2.75) is 12.8 Å². The highest BCUT2D eigenvalue weighted by Gasteiger charge is 2.07. The number of amides is 1. The van der Waals surface area contributed by atoms with Crippen molar-refractivity contribution >= 4 is 17.3 Å². The number of pyridine rings is 1. The molecule has 0 aliphatic carbocycles. The molecule has 0 saturated heterocycles. The second-order valence-corrected chi connectivity index (χ2v) is 5.26. The number of rotatable bonds is 7. The first-order chi connectivity index (χ1) is 10.6. The Morgan fingerprint density at radius 2 is 1.95 bits per heavy atom. The number of carbonyl (C=O) groups is 1. The molecule has 0 spiro atoms. The van der Waals surface area contributed by atoms with Crippen molar-refractivity contribution in [2.75, 3.05) is 31.2 Å². The summed E-state index contributed by atoms with van der Waals surface area (Å²) in [4.78, 5) is 18.4. The van der Waals surface area contributed by atoms with Crippen LogP contribution in [0.1, 0.15) is 12.1 Å². The molecule has 2 aromatic rings. The zero-order chi connectivity index (χ0) is 15.8. The number of nitrogens with one attached hydrogen (secondary N) is 1. The van der Waals surface area contributed by atoms with Crippen LogP contribution in [-0.4, -0.2) is 35.9 Å². The maximum absolute atomic E-state index is 11.9. The van der Waals surface area contributed by atoms with Crippen molar-refractivity contribution in [3.63, 3.8) is 0 Å². The quantitative estimate of drug-likeness (QED) is 0.769. The summed E-state index contributed by atoms with van der Waals surface area (Å²) in [5.74, 6) is -0.0254. The van der Waals surface area contributed by atoms with E-state index in [2.05, 4.69) is 15.2 Å². The van der Waals surface area contributed by atoms with E-state index in [1.807, 2.05) is 37.4 Å². The second-order valence-electron chi connectivity index (χ2n) is 5.26. The molecule has 0 unspecified atom stereocenters. The number of hydrogen-bond acceptors (Lipinski definition) is 4. The van der Waals surface area contributed by atoms with Gasteiger partial charge in [-0.25, -0.2) is 0 Å². The molecule has 1 aromatic heterocycles. The normalized spacial score (nSPS) is 10.6. The number of aromatic nitrogens is 1. The van der Waals surface area contributed by atoms with Crippen LogP contribution in [0.15, 0.2) is 48.7 Å². The second kappa shape index (κ2) is 8.14. The number of hydrogen-bond donors (Lipinski definition) is 2. The summed E-state index contributed by atoms with van der Waals surface area (Å²) in [7, 11) is 2.01. The summed E-state index contributed by atoms with van der Waals surface area (Å²) in [6.45, 7) is 1.57.